The maximum absolute atomic E-state index is 11.8. The van der Waals surface area contributed by atoms with Crippen LogP contribution >= 0.6 is 0 Å². The lowest BCUT2D eigenvalue weighted by molar-refractivity contribution is -0.402. The van der Waals surface area contributed by atoms with E-state index in [1.54, 1.807) is 29.2 Å². The Labute approximate surface area is 148 Å². The van der Waals surface area contributed by atoms with Gasteiger partial charge in [-0.3, -0.25) is 19.8 Å². The zero-order chi connectivity index (χ0) is 18.5. The van der Waals surface area contributed by atoms with Crippen LogP contribution in [-0.4, -0.2) is 36.5 Å². The molecule has 26 heavy (non-hydrogen) atoms. The highest BCUT2D eigenvalue weighted by Gasteiger charge is 2.20. The van der Waals surface area contributed by atoms with Gasteiger partial charge in [-0.2, -0.15) is 0 Å². The number of rotatable bonds is 4. The normalized spacial score (nSPS) is 12.9. The minimum absolute atomic E-state index is 0.0591. The smallest absolute Gasteiger partial charge is 0.395 e. The zero-order valence-electron chi connectivity index (χ0n) is 13.5. The maximum Gasteiger partial charge on any atom is 0.433 e. The van der Waals surface area contributed by atoms with Crippen LogP contribution in [0.5, 0.6) is 0 Å². The summed E-state index contributed by atoms with van der Waals surface area (Å²) >= 11 is 0. The Bertz CT molecular complexity index is 907. The molecule has 1 aromatic heterocycles. The number of benzene rings is 1. The van der Waals surface area contributed by atoms with Crippen LogP contribution in [-0.2, 0) is 0 Å². The summed E-state index contributed by atoms with van der Waals surface area (Å²) < 4.78 is 4.80. The van der Waals surface area contributed by atoms with E-state index in [2.05, 4.69) is 22.5 Å². The van der Waals surface area contributed by atoms with E-state index in [1.807, 2.05) is 0 Å². The molecule has 0 atom stereocenters. The molecule has 132 valence electrons. The molecule has 9 nitrogen and oxygen atoms in total. The van der Waals surface area contributed by atoms with Crippen molar-refractivity contribution in [3.63, 3.8) is 0 Å². The molecule has 3 rings (SSSR count). The van der Waals surface area contributed by atoms with E-state index in [0.29, 0.717) is 13.1 Å². The Morgan fingerprint density at radius 3 is 2.69 bits per heavy atom. The molecule has 1 aliphatic rings. The summed E-state index contributed by atoms with van der Waals surface area (Å²) in [6.45, 7) is 1.31. The number of furan rings is 1. The largest absolute Gasteiger partial charge is 0.433 e. The summed E-state index contributed by atoms with van der Waals surface area (Å²) in [6.07, 6.45) is 0. The van der Waals surface area contributed by atoms with Crippen LogP contribution in [0.25, 0.3) is 0 Å². The summed E-state index contributed by atoms with van der Waals surface area (Å²) in [5.74, 6) is 4.44. The molecule has 1 saturated heterocycles. The number of urea groups is 1. The summed E-state index contributed by atoms with van der Waals surface area (Å²) in [5, 5.41) is 15.7. The van der Waals surface area contributed by atoms with Crippen molar-refractivity contribution >= 4 is 23.5 Å². The van der Waals surface area contributed by atoms with Crippen LogP contribution in [0.4, 0.5) is 16.4 Å². The van der Waals surface area contributed by atoms with Crippen molar-refractivity contribution in [3.05, 3.63) is 57.8 Å². The molecule has 9 heteroatoms. The van der Waals surface area contributed by atoms with Crippen LogP contribution in [0.2, 0.25) is 0 Å². The summed E-state index contributed by atoms with van der Waals surface area (Å²) in [6, 6.07) is 9.39. The van der Waals surface area contributed by atoms with Gasteiger partial charge in [0.1, 0.15) is 4.92 Å². The number of nitrogens with zero attached hydrogens (tertiary/aromatic N) is 2. The van der Waals surface area contributed by atoms with Crippen LogP contribution in [0.15, 0.2) is 40.8 Å². The molecular weight excluding hydrogens is 340 g/mol. The van der Waals surface area contributed by atoms with Gasteiger partial charge in [-0.05, 0) is 30.3 Å². The number of nitro groups is 1. The monoisotopic (exact) mass is 354 g/mol. The minimum Gasteiger partial charge on any atom is -0.395 e. The number of carbonyl (C=O) groups excluding carboxylic acids is 2. The first kappa shape index (κ1) is 17.0. The first-order chi connectivity index (χ1) is 12.5. The predicted octanol–water partition coefficient (Wildman–Crippen LogP) is 1.50. The molecular formula is C17H14N4O5. The summed E-state index contributed by atoms with van der Waals surface area (Å²) in [7, 11) is 0. The third-order valence-corrected chi connectivity index (χ3v) is 3.60. The molecule has 0 unspecified atom stereocenters. The number of amides is 3. The van der Waals surface area contributed by atoms with Crippen molar-refractivity contribution in [1.29, 1.82) is 0 Å². The Balaban J connectivity index is 1.53. The highest BCUT2D eigenvalue weighted by Crippen LogP contribution is 2.17. The fourth-order valence-corrected chi connectivity index (χ4v) is 2.35. The van der Waals surface area contributed by atoms with Crippen molar-refractivity contribution in [2.75, 3.05) is 24.5 Å². The minimum atomic E-state index is -0.716. The fraction of sp³-hybridized carbons (Fsp3) is 0.176. The molecule has 1 fully saturated rings. The molecule has 2 N–H and O–H groups in total. The van der Waals surface area contributed by atoms with Crippen molar-refractivity contribution in [2.24, 2.45) is 0 Å². The standard InChI is InChI=1S/C17H14N4O5/c22-16(14-7-8-15(26-14)21(24)25)18-9-1-2-12-3-5-13(6-4-12)20-11-10-19-17(20)23/h3-8H,9-11H2,(H,18,22)(H,19,23). The average Bonchev–Trinajstić information content (AvgIpc) is 3.28. The van der Waals surface area contributed by atoms with Gasteiger partial charge in [0.2, 0.25) is 0 Å². The van der Waals surface area contributed by atoms with Crippen molar-refractivity contribution in [1.82, 2.24) is 10.6 Å². The van der Waals surface area contributed by atoms with E-state index in [-0.39, 0.29) is 18.3 Å². The number of carbonyl (C=O) groups is 2. The van der Waals surface area contributed by atoms with Crippen molar-refractivity contribution < 1.29 is 18.9 Å². The molecule has 0 bridgehead atoms. The lowest BCUT2D eigenvalue weighted by Gasteiger charge is -2.13. The Hall–Kier alpha value is -3.80. The SMILES string of the molecule is O=C(NCC#Cc1ccc(N2CCNC2=O)cc1)c1ccc([N+](=O)[O-])o1. The fourth-order valence-electron chi connectivity index (χ4n) is 2.35. The molecule has 0 aliphatic carbocycles. The molecule has 0 saturated carbocycles. The van der Waals surface area contributed by atoms with E-state index < -0.39 is 16.7 Å². The molecule has 3 amide bonds. The van der Waals surface area contributed by atoms with Gasteiger partial charge < -0.3 is 15.1 Å². The molecule has 2 aromatic rings. The molecule has 2 heterocycles. The van der Waals surface area contributed by atoms with E-state index in [9.17, 15) is 19.7 Å². The van der Waals surface area contributed by atoms with Gasteiger partial charge in [0.15, 0.2) is 5.76 Å². The molecule has 1 aliphatic heterocycles. The quantitative estimate of drug-likeness (QED) is 0.490. The summed E-state index contributed by atoms with van der Waals surface area (Å²) in [4.78, 5) is 34.8. The first-order valence-electron chi connectivity index (χ1n) is 7.71. The number of nitrogens with one attached hydrogen (secondary N) is 2. The summed E-state index contributed by atoms with van der Waals surface area (Å²) in [5.41, 5.74) is 1.52. The van der Waals surface area contributed by atoms with Gasteiger partial charge in [0, 0.05) is 24.3 Å². The van der Waals surface area contributed by atoms with E-state index in [4.69, 9.17) is 4.42 Å². The molecule has 1 aromatic carbocycles. The Morgan fingerprint density at radius 2 is 2.08 bits per heavy atom. The van der Waals surface area contributed by atoms with Crippen molar-refractivity contribution in [3.8, 4) is 11.8 Å². The third-order valence-electron chi connectivity index (χ3n) is 3.60. The van der Waals surface area contributed by atoms with E-state index in [1.165, 1.54) is 6.07 Å². The first-order valence-corrected chi connectivity index (χ1v) is 7.71. The van der Waals surface area contributed by atoms with Crippen LogP contribution < -0.4 is 15.5 Å². The number of hydrogen-bond donors (Lipinski definition) is 2. The van der Waals surface area contributed by atoms with Crippen LogP contribution in [0.3, 0.4) is 0 Å². The maximum atomic E-state index is 11.8. The van der Waals surface area contributed by atoms with E-state index in [0.717, 1.165) is 17.3 Å². The van der Waals surface area contributed by atoms with Gasteiger partial charge in [-0.25, -0.2) is 4.79 Å². The van der Waals surface area contributed by atoms with Gasteiger partial charge in [-0.1, -0.05) is 11.8 Å². The van der Waals surface area contributed by atoms with Crippen LogP contribution in [0, 0.1) is 22.0 Å². The van der Waals surface area contributed by atoms with Gasteiger partial charge in [0.25, 0.3) is 5.91 Å². The second kappa shape index (κ2) is 7.40. The third kappa shape index (κ3) is 3.81. The van der Waals surface area contributed by atoms with Gasteiger partial charge in [0.05, 0.1) is 12.6 Å². The van der Waals surface area contributed by atoms with Crippen molar-refractivity contribution in [2.45, 2.75) is 0 Å². The average molecular weight is 354 g/mol. The lowest BCUT2D eigenvalue weighted by Crippen LogP contribution is -2.27. The second-order valence-corrected chi connectivity index (χ2v) is 5.31. The van der Waals surface area contributed by atoms with Gasteiger partial charge >= 0.3 is 11.9 Å². The number of hydrogen-bond acceptors (Lipinski definition) is 5. The Kier molecular flexibility index (Phi) is 4.85. The predicted molar refractivity (Wildman–Crippen MR) is 91.8 cm³/mol. The molecule has 0 radical (unpaired) electrons. The number of anilines is 1. The second-order valence-electron chi connectivity index (χ2n) is 5.31. The highest BCUT2D eigenvalue weighted by atomic mass is 16.6. The molecule has 0 spiro atoms. The zero-order valence-corrected chi connectivity index (χ0v) is 13.5. The topological polar surface area (TPSA) is 118 Å². The highest BCUT2D eigenvalue weighted by molar-refractivity contribution is 5.94. The van der Waals surface area contributed by atoms with Gasteiger partial charge in [-0.15, -0.1) is 0 Å². The van der Waals surface area contributed by atoms with Crippen LogP contribution in [0.1, 0.15) is 16.1 Å². The Morgan fingerprint density at radius 1 is 1.31 bits per heavy atom. The lowest BCUT2D eigenvalue weighted by atomic mass is 10.2. The van der Waals surface area contributed by atoms with E-state index >= 15 is 0 Å².